The average molecular weight is 468 g/mol. The number of anilines is 1. The number of hydrazine groups is 1. The Morgan fingerprint density at radius 2 is 1.97 bits per heavy atom. The van der Waals surface area contributed by atoms with Gasteiger partial charge in [-0.05, 0) is 42.0 Å². The molecule has 1 atom stereocenters. The fraction of sp³-hybridized carbons (Fsp3) is 0.182. The molecule has 0 saturated heterocycles. The van der Waals surface area contributed by atoms with Crippen molar-refractivity contribution in [1.82, 2.24) is 15.6 Å². The molecule has 0 bridgehead atoms. The number of amidine groups is 1. The van der Waals surface area contributed by atoms with Crippen LogP contribution in [0.1, 0.15) is 23.5 Å². The van der Waals surface area contributed by atoms with Crippen molar-refractivity contribution < 1.29 is 14.4 Å². The van der Waals surface area contributed by atoms with E-state index in [9.17, 15) is 14.4 Å². The van der Waals surface area contributed by atoms with Crippen molar-refractivity contribution in [1.29, 1.82) is 0 Å². The van der Waals surface area contributed by atoms with Crippen LogP contribution in [-0.2, 0) is 14.4 Å². The molecule has 0 spiro atoms. The summed E-state index contributed by atoms with van der Waals surface area (Å²) in [4.78, 5) is 39.6. The normalized spacial score (nSPS) is 18.2. The summed E-state index contributed by atoms with van der Waals surface area (Å²) in [5.74, 6) is 9.62. The fourth-order valence-electron chi connectivity index (χ4n) is 4.07. The maximum Gasteiger partial charge on any atom is 0.250 e. The number of benzene rings is 2. The van der Waals surface area contributed by atoms with Gasteiger partial charge in [-0.25, -0.2) is 5.84 Å². The lowest BCUT2D eigenvalue weighted by molar-refractivity contribution is -0.133. The van der Waals surface area contributed by atoms with Gasteiger partial charge in [0.05, 0.1) is 6.54 Å². The van der Waals surface area contributed by atoms with Gasteiger partial charge >= 0.3 is 0 Å². The largest absolute Gasteiger partial charge is 0.347 e. The van der Waals surface area contributed by atoms with E-state index < -0.39 is 11.8 Å². The molecule has 10 nitrogen and oxygen atoms in total. The van der Waals surface area contributed by atoms with Crippen LogP contribution in [0.25, 0.3) is 0 Å². The molecule has 3 amide bonds. The van der Waals surface area contributed by atoms with Gasteiger partial charge in [0.2, 0.25) is 17.7 Å². The van der Waals surface area contributed by atoms with E-state index in [1.54, 1.807) is 42.5 Å². The number of carbonyl (C=O) groups is 3. The van der Waals surface area contributed by atoms with Crippen molar-refractivity contribution in [2.75, 3.05) is 18.4 Å². The molecular weight excluding hydrogens is 446 g/mol. The van der Waals surface area contributed by atoms with Gasteiger partial charge in [-0.3, -0.25) is 14.4 Å². The number of carbonyl (C=O) groups excluding carboxylic acids is 3. The molecule has 0 aromatic heterocycles. The van der Waals surface area contributed by atoms with Crippen LogP contribution in [0.5, 0.6) is 0 Å². The summed E-state index contributed by atoms with van der Waals surface area (Å²) in [7, 11) is 0. The number of nitrogens with zero attached hydrogens (tertiary/aromatic N) is 2. The molecule has 0 saturated carbocycles. The molecule has 2 heterocycles. The van der Waals surface area contributed by atoms with Crippen molar-refractivity contribution in [3.8, 4) is 0 Å². The lowest BCUT2D eigenvalue weighted by atomic mass is 9.84. The first-order valence-corrected chi connectivity index (χ1v) is 10.5. The van der Waals surface area contributed by atoms with Crippen LogP contribution in [0, 0.1) is 0 Å². The third-order valence-electron chi connectivity index (χ3n) is 5.59. The maximum absolute atomic E-state index is 13.0. The summed E-state index contributed by atoms with van der Waals surface area (Å²) in [6.45, 7) is -0.0251. The zero-order chi connectivity index (χ0) is 23.5. The monoisotopic (exact) mass is 467 g/mol. The summed E-state index contributed by atoms with van der Waals surface area (Å²) in [5, 5.41) is 9.57. The second kappa shape index (κ2) is 9.31. The minimum atomic E-state index is -0.407. The molecule has 2 aromatic carbocycles. The van der Waals surface area contributed by atoms with Crippen LogP contribution in [-0.4, -0.2) is 41.5 Å². The summed E-state index contributed by atoms with van der Waals surface area (Å²) < 4.78 is 0. The Labute approximate surface area is 194 Å². The van der Waals surface area contributed by atoms with E-state index in [1.165, 1.54) is 4.90 Å². The molecule has 4 rings (SSSR count). The minimum Gasteiger partial charge on any atom is -0.347 e. The number of halogens is 1. The molecule has 2 aliphatic rings. The van der Waals surface area contributed by atoms with Crippen LogP contribution in [0.2, 0.25) is 5.02 Å². The smallest absolute Gasteiger partial charge is 0.250 e. The van der Waals surface area contributed by atoms with Gasteiger partial charge in [0.1, 0.15) is 6.54 Å². The third kappa shape index (κ3) is 4.52. The highest BCUT2D eigenvalue weighted by atomic mass is 35.5. The highest BCUT2D eigenvalue weighted by Gasteiger charge is 2.41. The summed E-state index contributed by atoms with van der Waals surface area (Å²) in [6.07, 6.45) is 0.0713. The van der Waals surface area contributed by atoms with E-state index in [0.717, 1.165) is 5.56 Å². The lowest BCUT2D eigenvalue weighted by Gasteiger charge is -2.32. The van der Waals surface area contributed by atoms with Gasteiger partial charge < -0.3 is 26.8 Å². The van der Waals surface area contributed by atoms with Gasteiger partial charge in [0.25, 0.3) is 0 Å². The van der Waals surface area contributed by atoms with Crippen molar-refractivity contribution in [3.05, 3.63) is 76.0 Å². The van der Waals surface area contributed by atoms with E-state index in [-0.39, 0.29) is 31.3 Å². The first-order valence-electron chi connectivity index (χ1n) is 10.1. The van der Waals surface area contributed by atoms with Crippen molar-refractivity contribution in [3.63, 3.8) is 0 Å². The number of nitrogens with two attached hydrogens (primary N) is 2. The second-order valence-corrected chi connectivity index (χ2v) is 8.02. The molecule has 0 aliphatic carbocycles. The first kappa shape index (κ1) is 22.3. The summed E-state index contributed by atoms with van der Waals surface area (Å²) >= 11 is 6.11. The lowest BCUT2D eigenvalue weighted by Crippen LogP contribution is -2.42. The van der Waals surface area contributed by atoms with E-state index in [2.05, 4.69) is 21.2 Å². The Bertz CT molecular complexity index is 1180. The highest BCUT2D eigenvalue weighted by Crippen LogP contribution is 2.39. The van der Waals surface area contributed by atoms with Crippen LogP contribution < -0.4 is 27.7 Å². The third-order valence-corrected chi connectivity index (χ3v) is 5.82. The first-order chi connectivity index (χ1) is 15.9. The van der Waals surface area contributed by atoms with E-state index >= 15 is 0 Å². The molecule has 0 fully saturated rings. The number of nitrogens with one attached hydrogen (secondary N) is 3. The predicted octanol–water partition coefficient (Wildman–Crippen LogP) is 0.762. The Balaban J connectivity index is 1.52. The van der Waals surface area contributed by atoms with Crippen molar-refractivity contribution in [2.24, 2.45) is 16.8 Å². The predicted molar refractivity (Wildman–Crippen MR) is 124 cm³/mol. The Hall–Kier alpha value is -3.89. The topological polar surface area (TPSA) is 155 Å². The van der Waals surface area contributed by atoms with Crippen LogP contribution >= 0.6 is 11.6 Å². The quantitative estimate of drug-likeness (QED) is 0.189. The number of amides is 3. The molecule has 33 heavy (non-hydrogen) atoms. The van der Waals surface area contributed by atoms with E-state index in [1.807, 2.05) is 6.07 Å². The van der Waals surface area contributed by atoms with E-state index in [0.29, 0.717) is 33.4 Å². The maximum atomic E-state index is 13.0. The molecule has 0 radical (unpaired) electrons. The molecular formula is C22H22ClN7O3. The highest BCUT2D eigenvalue weighted by molar-refractivity contribution is 6.30. The number of hydrazone groups is 1. The summed E-state index contributed by atoms with van der Waals surface area (Å²) in [5.41, 5.74) is 5.34. The molecule has 7 N–H and O–H groups in total. The molecule has 2 aliphatic heterocycles. The van der Waals surface area contributed by atoms with Gasteiger partial charge in [-0.1, -0.05) is 23.7 Å². The number of rotatable bonds is 5. The molecule has 1 unspecified atom stereocenters. The van der Waals surface area contributed by atoms with E-state index in [4.69, 9.17) is 23.3 Å². The van der Waals surface area contributed by atoms with Crippen LogP contribution in [0.15, 0.2) is 64.9 Å². The Kier molecular flexibility index (Phi) is 6.29. The second-order valence-electron chi connectivity index (χ2n) is 7.58. The van der Waals surface area contributed by atoms with Gasteiger partial charge in [0, 0.05) is 39.9 Å². The molecule has 11 heteroatoms. The van der Waals surface area contributed by atoms with Crippen LogP contribution in [0.4, 0.5) is 5.69 Å². The zero-order valence-corrected chi connectivity index (χ0v) is 18.2. The summed E-state index contributed by atoms with van der Waals surface area (Å²) in [6, 6.07) is 13.8. The Morgan fingerprint density at radius 3 is 2.64 bits per heavy atom. The fourth-order valence-corrected chi connectivity index (χ4v) is 4.26. The zero-order valence-electron chi connectivity index (χ0n) is 17.5. The van der Waals surface area contributed by atoms with Gasteiger partial charge in [0.15, 0.2) is 5.84 Å². The minimum absolute atomic E-state index is 0.0713. The van der Waals surface area contributed by atoms with Crippen molar-refractivity contribution >= 4 is 40.8 Å². The Morgan fingerprint density at radius 1 is 1.21 bits per heavy atom. The standard InChI is InChI=1S/C22H22ClN7O3/c23-14-3-1-2-13(8-14)16-9-19(32)30(17-10-26-22(33)20(16)17)11-18(31)27-15-6-4-12(5-7-15)21(28-24)29-25/h1-8,16H,9-11,24-25H2,(H,26,33)(H,27,31)(H,28,29). The number of hydrogen-bond donors (Lipinski definition) is 5. The molecule has 170 valence electrons. The number of hydrogen-bond acceptors (Lipinski definition) is 6. The van der Waals surface area contributed by atoms with Gasteiger partial charge in [-0.15, -0.1) is 0 Å². The van der Waals surface area contributed by atoms with Crippen molar-refractivity contribution in [2.45, 2.75) is 12.3 Å². The van der Waals surface area contributed by atoms with Crippen LogP contribution in [0.3, 0.4) is 0 Å². The SMILES string of the molecule is N/N=C(\NN)c1ccc(NC(=O)CN2C(=O)CC(c3cccc(Cl)c3)C3=C2CNC3=O)cc1. The molecule has 2 aromatic rings. The van der Waals surface area contributed by atoms with Gasteiger partial charge in [-0.2, -0.15) is 5.10 Å². The average Bonchev–Trinajstić information content (AvgIpc) is 3.19.